The monoisotopic (exact) mass is 428 g/mol. The molecule has 0 saturated carbocycles. The fourth-order valence-electron chi connectivity index (χ4n) is 2.77. The number of carbonyl (C=O) groups excluding carboxylic acids is 1. The first-order chi connectivity index (χ1) is 12.6. The molecule has 0 aliphatic carbocycles. The first-order valence-corrected chi connectivity index (χ1v) is 9.53. The summed E-state index contributed by atoms with van der Waals surface area (Å²) in [5.74, 6) is 0.839. The Morgan fingerprint density at radius 1 is 0.885 bits per heavy atom. The zero-order chi connectivity index (χ0) is 18.4. The van der Waals surface area contributed by atoms with Crippen molar-refractivity contribution in [1.29, 1.82) is 0 Å². The van der Waals surface area contributed by atoms with Gasteiger partial charge in [-0.1, -0.05) is 60.7 Å². The zero-order valence-electron chi connectivity index (χ0n) is 14.1. The smallest absolute Gasteiger partial charge is 0.252 e. The van der Waals surface area contributed by atoms with Crippen LogP contribution in [0.25, 0.3) is 0 Å². The van der Waals surface area contributed by atoms with Gasteiger partial charge < -0.3 is 4.74 Å². The number of benzene rings is 3. The fourth-order valence-corrected chi connectivity index (χ4v) is 3.41. The second kappa shape index (κ2) is 9.02. The molecule has 2 nitrogen and oxygen atoms in total. The maximum Gasteiger partial charge on any atom is 0.252 e. The van der Waals surface area contributed by atoms with Gasteiger partial charge in [0.15, 0.2) is 0 Å². The van der Waals surface area contributed by atoms with Crippen molar-refractivity contribution in [2.24, 2.45) is 0 Å². The van der Waals surface area contributed by atoms with Crippen molar-refractivity contribution in [3.63, 3.8) is 0 Å². The third-order valence-electron chi connectivity index (χ3n) is 4.11. The Labute approximate surface area is 166 Å². The molecule has 0 atom stereocenters. The average molecular weight is 430 g/mol. The van der Waals surface area contributed by atoms with Crippen LogP contribution >= 0.6 is 27.5 Å². The van der Waals surface area contributed by atoms with Gasteiger partial charge >= 0.3 is 0 Å². The molecule has 132 valence electrons. The quantitative estimate of drug-likeness (QED) is 0.418. The number of hydrogen-bond acceptors (Lipinski definition) is 2. The first-order valence-electron chi connectivity index (χ1n) is 8.36. The van der Waals surface area contributed by atoms with Crippen molar-refractivity contribution < 1.29 is 9.53 Å². The Hall–Kier alpha value is -2.10. The van der Waals surface area contributed by atoms with Crippen LogP contribution in [0.2, 0.25) is 0 Å². The summed E-state index contributed by atoms with van der Waals surface area (Å²) < 4.78 is 7.00. The number of aryl methyl sites for hydroxylation is 2. The average Bonchev–Trinajstić information content (AvgIpc) is 2.66. The van der Waals surface area contributed by atoms with Gasteiger partial charge in [-0.2, -0.15) is 0 Å². The fraction of sp³-hybridized carbons (Fsp3) is 0.136. The van der Waals surface area contributed by atoms with E-state index in [0.29, 0.717) is 12.2 Å². The molecule has 4 heteroatoms. The highest BCUT2D eigenvalue weighted by molar-refractivity contribution is 9.10. The van der Waals surface area contributed by atoms with Gasteiger partial charge in [0.25, 0.3) is 5.24 Å². The van der Waals surface area contributed by atoms with E-state index in [2.05, 4.69) is 46.3 Å². The van der Waals surface area contributed by atoms with Crippen molar-refractivity contribution in [1.82, 2.24) is 0 Å². The lowest BCUT2D eigenvalue weighted by Crippen LogP contribution is -2.02. The SMILES string of the molecule is O=C(Cl)c1cccc(COc2c(Br)cccc2CCc2ccccc2)c1. The number of carbonyl (C=O) groups is 1. The molecule has 0 heterocycles. The Kier molecular flexibility index (Phi) is 6.48. The van der Waals surface area contributed by atoms with Crippen LogP contribution in [-0.4, -0.2) is 5.24 Å². The summed E-state index contributed by atoms with van der Waals surface area (Å²) in [4.78, 5) is 11.3. The third-order valence-corrected chi connectivity index (χ3v) is 4.95. The number of rotatable bonds is 7. The lowest BCUT2D eigenvalue weighted by atomic mass is 10.0. The van der Waals surface area contributed by atoms with Gasteiger partial charge in [0.05, 0.1) is 4.47 Å². The first kappa shape index (κ1) is 18.7. The topological polar surface area (TPSA) is 26.3 Å². The van der Waals surface area contributed by atoms with E-state index < -0.39 is 5.24 Å². The molecule has 26 heavy (non-hydrogen) atoms. The van der Waals surface area contributed by atoms with Crippen LogP contribution in [0.5, 0.6) is 5.75 Å². The standard InChI is InChI=1S/C22H18BrClO2/c23-20-11-5-9-18(13-12-16-6-2-1-3-7-16)21(20)26-15-17-8-4-10-19(14-17)22(24)25/h1-11,14H,12-13,15H2. The summed E-state index contributed by atoms with van der Waals surface area (Å²) >= 11 is 9.14. The summed E-state index contributed by atoms with van der Waals surface area (Å²) in [6.45, 7) is 0.374. The van der Waals surface area contributed by atoms with Crippen molar-refractivity contribution >= 4 is 32.8 Å². The molecule has 0 fully saturated rings. The molecule has 0 bridgehead atoms. The minimum Gasteiger partial charge on any atom is -0.487 e. The highest BCUT2D eigenvalue weighted by Crippen LogP contribution is 2.31. The van der Waals surface area contributed by atoms with Crippen LogP contribution in [0.4, 0.5) is 0 Å². The Morgan fingerprint density at radius 2 is 1.62 bits per heavy atom. The number of para-hydroxylation sites is 1. The van der Waals surface area contributed by atoms with E-state index in [9.17, 15) is 4.79 Å². The lowest BCUT2D eigenvalue weighted by Gasteiger charge is -2.14. The molecule has 0 unspecified atom stereocenters. The second-order valence-electron chi connectivity index (χ2n) is 5.98. The number of ether oxygens (including phenoxy) is 1. The number of halogens is 2. The van der Waals surface area contributed by atoms with Crippen molar-refractivity contribution in [3.8, 4) is 5.75 Å². The van der Waals surface area contributed by atoms with Crippen molar-refractivity contribution in [2.45, 2.75) is 19.4 Å². The summed E-state index contributed by atoms with van der Waals surface area (Å²) in [6.07, 6.45) is 1.84. The molecular weight excluding hydrogens is 412 g/mol. The van der Waals surface area contributed by atoms with E-state index in [4.69, 9.17) is 16.3 Å². The second-order valence-corrected chi connectivity index (χ2v) is 7.17. The molecule has 0 aromatic heterocycles. The molecule has 0 saturated heterocycles. The minimum absolute atomic E-state index is 0.374. The van der Waals surface area contributed by atoms with Gasteiger partial charge in [-0.05, 0) is 69.2 Å². The van der Waals surface area contributed by atoms with Crippen LogP contribution in [0.3, 0.4) is 0 Å². The summed E-state index contributed by atoms with van der Waals surface area (Å²) in [5.41, 5.74) is 3.82. The van der Waals surface area contributed by atoms with Gasteiger partial charge in [-0.15, -0.1) is 0 Å². The summed E-state index contributed by atoms with van der Waals surface area (Å²) in [7, 11) is 0. The maximum absolute atomic E-state index is 11.3. The maximum atomic E-state index is 11.3. The Morgan fingerprint density at radius 3 is 2.38 bits per heavy atom. The van der Waals surface area contributed by atoms with Crippen LogP contribution < -0.4 is 4.74 Å². The molecule has 0 spiro atoms. The molecule has 3 aromatic rings. The van der Waals surface area contributed by atoms with E-state index in [1.807, 2.05) is 30.3 Å². The molecule has 0 radical (unpaired) electrons. The summed E-state index contributed by atoms with van der Waals surface area (Å²) in [6, 6.07) is 23.7. The lowest BCUT2D eigenvalue weighted by molar-refractivity contribution is 0.108. The van der Waals surface area contributed by atoms with Gasteiger partial charge in [0, 0.05) is 5.56 Å². The van der Waals surface area contributed by atoms with E-state index in [1.54, 1.807) is 12.1 Å². The molecule has 0 N–H and O–H groups in total. The molecular formula is C22H18BrClO2. The third kappa shape index (κ3) is 4.96. The highest BCUT2D eigenvalue weighted by atomic mass is 79.9. The van der Waals surface area contributed by atoms with Crippen LogP contribution in [0, 0.1) is 0 Å². The number of hydrogen-bond donors (Lipinski definition) is 0. The molecule has 3 rings (SSSR count). The van der Waals surface area contributed by atoms with Crippen molar-refractivity contribution in [2.75, 3.05) is 0 Å². The predicted molar refractivity (Wildman–Crippen MR) is 109 cm³/mol. The molecule has 3 aromatic carbocycles. The highest BCUT2D eigenvalue weighted by Gasteiger charge is 2.10. The van der Waals surface area contributed by atoms with Crippen molar-refractivity contribution in [3.05, 3.63) is 99.5 Å². The van der Waals surface area contributed by atoms with Gasteiger partial charge in [0.1, 0.15) is 12.4 Å². The van der Waals surface area contributed by atoms with Crippen LogP contribution in [0.1, 0.15) is 27.0 Å². The normalized spacial score (nSPS) is 10.5. The predicted octanol–water partition coefficient (Wildman–Crippen LogP) is 6.19. The van der Waals surface area contributed by atoms with Crippen LogP contribution in [0.15, 0.2) is 77.3 Å². The molecule has 0 amide bonds. The van der Waals surface area contributed by atoms with Gasteiger partial charge in [-0.3, -0.25) is 4.79 Å². The van der Waals surface area contributed by atoms with Gasteiger partial charge in [-0.25, -0.2) is 0 Å². The Bertz CT molecular complexity index is 894. The van der Waals surface area contributed by atoms with E-state index in [0.717, 1.165) is 34.2 Å². The summed E-state index contributed by atoms with van der Waals surface area (Å²) in [5, 5.41) is -0.462. The van der Waals surface area contributed by atoms with E-state index >= 15 is 0 Å². The minimum atomic E-state index is -0.462. The zero-order valence-corrected chi connectivity index (χ0v) is 16.5. The van der Waals surface area contributed by atoms with Crippen LogP contribution in [-0.2, 0) is 19.4 Å². The Balaban J connectivity index is 1.73. The molecule has 0 aliphatic heterocycles. The largest absolute Gasteiger partial charge is 0.487 e. The van der Waals surface area contributed by atoms with E-state index in [1.165, 1.54) is 5.56 Å². The van der Waals surface area contributed by atoms with Gasteiger partial charge in [0.2, 0.25) is 0 Å². The van der Waals surface area contributed by atoms with E-state index in [-0.39, 0.29) is 0 Å². The molecule has 0 aliphatic rings.